The van der Waals surface area contributed by atoms with Gasteiger partial charge in [-0.05, 0) is 61.6 Å². The summed E-state index contributed by atoms with van der Waals surface area (Å²) in [6, 6.07) is 8.64. The molecule has 1 heterocycles. The molecule has 0 bridgehead atoms. The van der Waals surface area contributed by atoms with Crippen LogP contribution in [-0.4, -0.2) is 41.9 Å². The van der Waals surface area contributed by atoms with E-state index in [1.165, 1.54) is 49.5 Å². The van der Waals surface area contributed by atoms with Crippen molar-refractivity contribution in [3.8, 4) is 11.5 Å². The van der Waals surface area contributed by atoms with Crippen molar-refractivity contribution in [3.05, 3.63) is 64.4 Å². The lowest BCUT2D eigenvalue weighted by molar-refractivity contribution is -0.124. The average molecular weight is 544 g/mol. The predicted octanol–water partition coefficient (Wildman–Crippen LogP) is 3.67. The largest absolute Gasteiger partial charge is 0.493 e. The van der Waals surface area contributed by atoms with Gasteiger partial charge in [-0.25, -0.2) is 4.39 Å². The van der Waals surface area contributed by atoms with E-state index in [1.807, 2.05) is 20.8 Å². The summed E-state index contributed by atoms with van der Waals surface area (Å²) in [6.45, 7) is 5.60. The molecule has 0 aliphatic rings. The minimum absolute atomic E-state index is 0.0942. The first-order valence-corrected chi connectivity index (χ1v) is 12.4. The third-order valence-electron chi connectivity index (χ3n) is 6.06. The molecule has 0 unspecified atom stereocenters. The van der Waals surface area contributed by atoms with Gasteiger partial charge < -0.3 is 26.3 Å². The Morgan fingerprint density at radius 3 is 2.26 bits per heavy atom. The highest BCUT2D eigenvalue weighted by atomic mass is 32.1. The summed E-state index contributed by atoms with van der Waals surface area (Å²) >= 11 is 0.683. The standard InChI is InChI=1S/C26H30FN5O5S/c1-6-26(2,3)30-24(34)21(14-7-9-15(27)10-8-14)32(16-11-12-17(36-4)18(13-16)37-5)25(35)22-19(28)20(23(29)33)31-38-22/h7-13,21H,6,28H2,1-5H3,(H2,29,33)(H,30,34)/t21-/m1/s1. The molecule has 3 amide bonds. The number of nitrogen functional groups attached to an aromatic ring is 1. The first kappa shape index (κ1) is 28.4. The molecule has 0 spiro atoms. The number of rotatable bonds is 10. The third-order valence-corrected chi connectivity index (χ3v) is 6.91. The van der Waals surface area contributed by atoms with Crippen LogP contribution in [0.25, 0.3) is 0 Å². The van der Waals surface area contributed by atoms with Crippen molar-refractivity contribution in [1.82, 2.24) is 9.69 Å². The number of hydrogen-bond acceptors (Lipinski definition) is 8. The molecule has 0 radical (unpaired) electrons. The number of nitrogens with two attached hydrogens (primary N) is 2. The van der Waals surface area contributed by atoms with Crippen molar-refractivity contribution >= 4 is 40.6 Å². The van der Waals surface area contributed by atoms with Gasteiger partial charge in [-0.3, -0.25) is 19.3 Å². The summed E-state index contributed by atoms with van der Waals surface area (Å²) < 4.78 is 28.5. The van der Waals surface area contributed by atoms with E-state index in [0.29, 0.717) is 35.0 Å². The number of halogens is 1. The number of anilines is 2. The van der Waals surface area contributed by atoms with Crippen LogP contribution in [0, 0.1) is 5.82 Å². The normalized spacial score (nSPS) is 11.9. The van der Waals surface area contributed by atoms with Gasteiger partial charge in [-0.2, -0.15) is 4.37 Å². The zero-order valence-electron chi connectivity index (χ0n) is 21.7. The average Bonchev–Trinajstić information content (AvgIpc) is 3.28. The van der Waals surface area contributed by atoms with Crippen molar-refractivity contribution in [1.29, 1.82) is 0 Å². The number of carbonyl (C=O) groups is 3. The highest BCUT2D eigenvalue weighted by Gasteiger charge is 2.38. The number of hydrogen-bond donors (Lipinski definition) is 3. The van der Waals surface area contributed by atoms with Gasteiger partial charge in [-0.1, -0.05) is 19.1 Å². The first-order valence-electron chi connectivity index (χ1n) is 11.6. The molecule has 0 aliphatic carbocycles. The number of benzene rings is 2. The van der Waals surface area contributed by atoms with E-state index in [4.69, 9.17) is 20.9 Å². The number of nitrogens with one attached hydrogen (secondary N) is 1. The minimum Gasteiger partial charge on any atom is -0.493 e. The lowest BCUT2D eigenvalue weighted by Crippen LogP contribution is -2.50. The number of aromatic nitrogens is 1. The van der Waals surface area contributed by atoms with Gasteiger partial charge in [0.25, 0.3) is 11.8 Å². The van der Waals surface area contributed by atoms with Crippen molar-refractivity contribution in [3.63, 3.8) is 0 Å². The van der Waals surface area contributed by atoms with Crippen molar-refractivity contribution in [2.75, 3.05) is 24.9 Å². The molecule has 0 aliphatic heterocycles. The van der Waals surface area contributed by atoms with Gasteiger partial charge in [0.1, 0.15) is 16.7 Å². The summed E-state index contributed by atoms with van der Waals surface area (Å²) in [6.07, 6.45) is 0.600. The Bertz CT molecular complexity index is 1340. The lowest BCUT2D eigenvalue weighted by Gasteiger charge is -2.34. The molecule has 2 aromatic carbocycles. The summed E-state index contributed by atoms with van der Waals surface area (Å²) in [5.74, 6) is -1.96. The Balaban J connectivity index is 2.29. The van der Waals surface area contributed by atoms with Crippen molar-refractivity contribution in [2.45, 2.75) is 38.8 Å². The molecular formula is C26H30FN5O5S. The fraction of sp³-hybridized carbons (Fsp3) is 0.308. The van der Waals surface area contributed by atoms with E-state index in [2.05, 4.69) is 9.69 Å². The van der Waals surface area contributed by atoms with Gasteiger partial charge in [0.2, 0.25) is 5.91 Å². The summed E-state index contributed by atoms with van der Waals surface area (Å²) in [7, 11) is 2.90. The molecule has 12 heteroatoms. The molecule has 3 rings (SSSR count). The Kier molecular flexibility index (Phi) is 8.56. The number of nitrogens with zero attached hydrogens (tertiary/aromatic N) is 2. The molecule has 0 fully saturated rings. The van der Waals surface area contributed by atoms with Gasteiger partial charge in [0.05, 0.1) is 19.9 Å². The molecule has 38 heavy (non-hydrogen) atoms. The van der Waals surface area contributed by atoms with E-state index in [0.717, 1.165) is 0 Å². The van der Waals surface area contributed by atoms with Crippen LogP contribution >= 0.6 is 11.5 Å². The second-order valence-electron chi connectivity index (χ2n) is 9.03. The summed E-state index contributed by atoms with van der Waals surface area (Å²) in [5, 5.41) is 2.96. The topological polar surface area (TPSA) is 150 Å². The number of amides is 3. The first-order chi connectivity index (χ1) is 17.9. The van der Waals surface area contributed by atoms with Crippen molar-refractivity contribution < 1.29 is 28.2 Å². The quantitative estimate of drug-likeness (QED) is 0.353. The Labute approximate surface area is 223 Å². The van der Waals surface area contributed by atoms with Crippen LogP contribution in [0.15, 0.2) is 42.5 Å². The van der Waals surface area contributed by atoms with E-state index in [1.54, 1.807) is 12.1 Å². The SMILES string of the molecule is CCC(C)(C)NC(=O)[C@@H](c1ccc(F)cc1)N(C(=O)c1snc(C(N)=O)c1N)c1ccc(OC)c(OC)c1. The fourth-order valence-electron chi connectivity index (χ4n) is 3.65. The van der Waals surface area contributed by atoms with Crippen LogP contribution in [-0.2, 0) is 4.79 Å². The van der Waals surface area contributed by atoms with E-state index in [-0.39, 0.29) is 21.9 Å². The van der Waals surface area contributed by atoms with Crippen LogP contribution in [0.2, 0.25) is 0 Å². The smallest absolute Gasteiger partial charge is 0.273 e. The fourth-order valence-corrected chi connectivity index (χ4v) is 4.39. The van der Waals surface area contributed by atoms with Crippen LogP contribution in [0.4, 0.5) is 15.8 Å². The van der Waals surface area contributed by atoms with Crippen LogP contribution < -0.4 is 31.2 Å². The van der Waals surface area contributed by atoms with Crippen LogP contribution in [0.1, 0.15) is 59.0 Å². The molecule has 0 saturated carbocycles. The molecule has 1 atom stereocenters. The van der Waals surface area contributed by atoms with Gasteiger partial charge >= 0.3 is 0 Å². The second kappa shape index (κ2) is 11.5. The van der Waals surface area contributed by atoms with Gasteiger partial charge in [0, 0.05) is 17.3 Å². The minimum atomic E-state index is -1.27. The second-order valence-corrected chi connectivity index (χ2v) is 9.81. The molecule has 202 valence electrons. The molecule has 10 nitrogen and oxygen atoms in total. The monoisotopic (exact) mass is 543 g/mol. The number of primary amides is 1. The maximum absolute atomic E-state index is 14.1. The van der Waals surface area contributed by atoms with Crippen LogP contribution in [0.5, 0.6) is 11.5 Å². The maximum Gasteiger partial charge on any atom is 0.273 e. The van der Waals surface area contributed by atoms with E-state index >= 15 is 0 Å². The Morgan fingerprint density at radius 2 is 1.74 bits per heavy atom. The summed E-state index contributed by atoms with van der Waals surface area (Å²) in [4.78, 5) is 40.8. The number of ether oxygens (including phenoxy) is 2. The molecule has 1 aromatic heterocycles. The van der Waals surface area contributed by atoms with Gasteiger partial charge in [-0.15, -0.1) is 0 Å². The Hall–Kier alpha value is -4.19. The summed E-state index contributed by atoms with van der Waals surface area (Å²) in [5.41, 5.74) is 10.9. The number of carbonyl (C=O) groups excluding carboxylic acids is 3. The molecule has 3 aromatic rings. The highest BCUT2D eigenvalue weighted by Crippen LogP contribution is 2.38. The van der Waals surface area contributed by atoms with E-state index in [9.17, 15) is 18.8 Å². The Morgan fingerprint density at radius 1 is 1.11 bits per heavy atom. The third kappa shape index (κ3) is 5.86. The predicted molar refractivity (Wildman–Crippen MR) is 143 cm³/mol. The van der Waals surface area contributed by atoms with E-state index < -0.39 is 35.1 Å². The zero-order chi connectivity index (χ0) is 28.2. The molecule has 0 saturated heterocycles. The molecule has 5 N–H and O–H groups in total. The maximum atomic E-state index is 14.1. The molecular weight excluding hydrogens is 513 g/mol. The zero-order valence-corrected chi connectivity index (χ0v) is 22.5. The van der Waals surface area contributed by atoms with Gasteiger partial charge in [0.15, 0.2) is 17.2 Å². The van der Waals surface area contributed by atoms with Crippen LogP contribution in [0.3, 0.4) is 0 Å². The van der Waals surface area contributed by atoms with Crippen molar-refractivity contribution in [2.24, 2.45) is 5.73 Å². The number of methoxy groups -OCH3 is 2. The lowest BCUT2D eigenvalue weighted by atomic mass is 9.98. The highest BCUT2D eigenvalue weighted by molar-refractivity contribution is 7.09.